The summed E-state index contributed by atoms with van der Waals surface area (Å²) in [6, 6.07) is 21.1. The number of carbonyl (C=O) groups excluding carboxylic acids is 1. The summed E-state index contributed by atoms with van der Waals surface area (Å²) in [4.78, 5) is 15.4. The van der Waals surface area contributed by atoms with Crippen LogP contribution >= 0.6 is 0 Å². The molecular formula is C30H29F2N3O3. The first-order valence-electron chi connectivity index (χ1n) is 12.8. The number of aromatic nitrogens is 2. The average Bonchev–Trinajstić information content (AvgIpc) is 3.58. The second-order valence-electron chi connectivity index (χ2n) is 9.19. The van der Waals surface area contributed by atoms with Gasteiger partial charge in [0.15, 0.2) is 11.6 Å². The van der Waals surface area contributed by atoms with E-state index in [1.54, 1.807) is 27.8 Å². The molecule has 2 heterocycles. The molecule has 1 amide bonds. The van der Waals surface area contributed by atoms with E-state index in [-0.39, 0.29) is 24.3 Å². The molecule has 1 saturated heterocycles. The number of carbonyl (C=O) groups is 1. The SMILES string of the molecule is CCc1nn(-c2ccccc2)c(Oc2ccccc2F)c1CN(C[C@H]1CCCO1)C(=O)c1ccc(F)cc1. The molecule has 1 aromatic heterocycles. The molecule has 0 saturated carbocycles. The Morgan fingerprint density at radius 1 is 1.05 bits per heavy atom. The standard InChI is InChI=1S/C30H29F2N3O3/c1-2-27-25(20-34(19-24-11-8-18-37-24)29(36)21-14-16-22(31)17-15-21)30(38-28-13-7-6-12-26(28)32)35(33-27)23-9-4-3-5-10-23/h3-7,9-10,12-17,24H,2,8,11,18-20H2,1H3/t24-/m1/s1. The van der Waals surface area contributed by atoms with E-state index in [4.69, 9.17) is 14.6 Å². The Balaban J connectivity index is 1.58. The van der Waals surface area contributed by atoms with Gasteiger partial charge in [0.25, 0.3) is 5.91 Å². The third kappa shape index (κ3) is 5.60. The molecular weight excluding hydrogens is 488 g/mol. The van der Waals surface area contributed by atoms with Gasteiger partial charge in [-0.2, -0.15) is 5.10 Å². The third-order valence-corrected chi connectivity index (χ3v) is 6.57. The molecule has 1 fully saturated rings. The van der Waals surface area contributed by atoms with Gasteiger partial charge in [0.2, 0.25) is 5.88 Å². The Kier molecular flexibility index (Phi) is 7.79. The topological polar surface area (TPSA) is 56.6 Å². The lowest BCUT2D eigenvalue weighted by molar-refractivity contribution is 0.0505. The Labute approximate surface area is 220 Å². The van der Waals surface area contributed by atoms with Crippen molar-refractivity contribution in [3.8, 4) is 17.3 Å². The number of benzene rings is 3. The number of amides is 1. The minimum absolute atomic E-state index is 0.0593. The first-order chi connectivity index (χ1) is 18.5. The van der Waals surface area contributed by atoms with Crippen molar-refractivity contribution in [2.75, 3.05) is 13.2 Å². The van der Waals surface area contributed by atoms with Gasteiger partial charge in [0.1, 0.15) is 5.82 Å². The highest BCUT2D eigenvalue weighted by atomic mass is 19.1. The summed E-state index contributed by atoms with van der Waals surface area (Å²) in [5.41, 5.74) is 2.52. The van der Waals surface area contributed by atoms with Crippen LogP contribution in [0, 0.1) is 11.6 Å². The van der Waals surface area contributed by atoms with Gasteiger partial charge in [-0.05, 0) is 67.8 Å². The molecule has 6 nitrogen and oxygen atoms in total. The fourth-order valence-corrected chi connectivity index (χ4v) is 4.62. The van der Waals surface area contributed by atoms with Crippen LogP contribution in [-0.2, 0) is 17.7 Å². The summed E-state index contributed by atoms with van der Waals surface area (Å²) in [6.45, 7) is 3.14. The Hall–Kier alpha value is -4.04. The first-order valence-corrected chi connectivity index (χ1v) is 12.8. The molecule has 1 aliphatic heterocycles. The maximum absolute atomic E-state index is 14.7. The van der Waals surface area contributed by atoms with Crippen molar-refractivity contribution in [1.29, 1.82) is 0 Å². The average molecular weight is 518 g/mol. The highest BCUT2D eigenvalue weighted by Gasteiger charge is 2.28. The normalized spacial score (nSPS) is 15.0. The number of aryl methyl sites for hydroxylation is 1. The van der Waals surface area contributed by atoms with Crippen molar-refractivity contribution in [2.24, 2.45) is 0 Å². The largest absolute Gasteiger partial charge is 0.435 e. The molecule has 0 aliphatic carbocycles. The minimum Gasteiger partial charge on any atom is -0.435 e. The Morgan fingerprint density at radius 3 is 2.47 bits per heavy atom. The fraction of sp³-hybridized carbons (Fsp3) is 0.267. The fourth-order valence-electron chi connectivity index (χ4n) is 4.62. The van der Waals surface area contributed by atoms with E-state index < -0.39 is 11.6 Å². The summed E-state index contributed by atoms with van der Waals surface area (Å²) in [5.74, 6) is -0.778. The predicted octanol–water partition coefficient (Wildman–Crippen LogP) is 6.33. The van der Waals surface area contributed by atoms with Crippen LogP contribution in [0.4, 0.5) is 8.78 Å². The number of hydrogen-bond donors (Lipinski definition) is 0. The van der Waals surface area contributed by atoms with E-state index in [2.05, 4.69) is 0 Å². The van der Waals surface area contributed by atoms with Gasteiger partial charge in [-0.3, -0.25) is 4.79 Å². The van der Waals surface area contributed by atoms with Crippen LogP contribution in [0.1, 0.15) is 41.4 Å². The summed E-state index contributed by atoms with van der Waals surface area (Å²) >= 11 is 0. The second kappa shape index (κ2) is 11.6. The van der Waals surface area contributed by atoms with E-state index in [0.29, 0.717) is 36.6 Å². The number of ether oxygens (including phenoxy) is 2. The number of hydrogen-bond acceptors (Lipinski definition) is 4. The molecule has 38 heavy (non-hydrogen) atoms. The minimum atomic E-state index is -0.504. The van der Waals surface area contributed by atoms with Gasteiger partial charge in [0.05, 0.1) is 29.6 Å². The molecule has 0 unspecified atom stereocenters. The lowest BCUT2D eigenvalue weighted by atomic mass is 10.1. The number of nitrogens with zero attached hydrogens (tertiary/aromatic N) is 3. The first kappa shape index (κ1) is 25.6. The van der Waals surface area contributed by atoms with Crippen LogP contribution in [0.15, 0.2) is 78.9 Å². The summed E-state index contributed by atoms with van der Waals surface area (Å²) in [5, 5.41) is 4.80. The van der Waals surface area contributed by atoms with Gasteiger partial charge in [-0.1, -0.05) is 37.3 Å². The van der Waals surface area contributed by atoms with Crippen molar-refractivity contribution >= 4 is 5.91 Å². The zero-order chi connectivity index (χ0) is 26.5. The van der Waals surface area contributed by atoms with Crippen molar-refractivity contribution in [3.63, 3.8) is 0 Å². The summed E-state index contributed by atoms with van der Waals surface area (Å²) < 4.78 is 41.9. The van der Waals surface area contributed by atoms with Crippen molar-refractivity contribution in [2.45, 2.75) is 38.8 Å². The maximum atomic E-state index is 14.7. The van der Waals surface area contributed by atoms with E-state index in [9.17, 15) is 13.6 Å². The number of rotatable bonds is 9. The zero-order valence-electron chi connectivity index (χ0n) is 21.1. The van der Waals surface area contributed by atoms with Crippen LogP contribution in [0.25, 0.3) is 5.69 Å². The molecule has 1 atom stereocenters. The van der Waals surface area contributed by atoms with E-state index in [1.807, 2.05) is 37.3 Å². The molecule has 0 bridgehead atoms. The van der Waals surface area contributed by atoms with Gasteiger partial charge in [-0.15, -0.1) is 0 Å². The molecule has 0 spiro atoms. The Bertz CT molecular complexity index is 1380. The summed E-state index contributed by atoms with van der Waals surface area (Å²) in [6.07, 6.45) is 2.23. The van der Waals surface area contributed by atoms with Gasteiger partial charge in [-0.25, -0.2) is 13.5 Å². The molecule has 196 valence electrons. The highest BCUT2D eigenvalue weighted by molar-refractivity contribution is 5.94. The molecule has 1 aliphatic rings. The predicted molar refractivity (Wildman–Crippen MR) is 140 cm³/mol. The van der Waals surface area contributed by atoms with Gasteiger partial charge >= 0.3 is 0 Å². The smallest absolute Gasteiger partial charge is 0.254 e. The molecule has 0 radical (unpaired) electrons. The molecule has 3 aromatic carbocycles. The molecule has 0 N–H and O–H groups in total. The monoisotopic (exact) mass is 517 g/mol. The van der Waals surface area contributed by atoms with Gasteiger partial charge < -0.3 is 14.4 Å². The quantitative estimate of drug-likeness (QED) is 0.261. The van der Waals surface area contributed by atoms with Crippen molar-refractivity contribution in [1.82, 2.24) is 14.7 Å². The van der Waals surface area contributed by atoms with Gasteiger partial charge in [0, 0.05) is 18.7 Å². The number of para-hydroxylation sites is 2. The molecule has 4 aromatic rings. The molecule has 8 heteroatoms. The maximum Gasteiger partial charge on any atom is 0.254 e. The lowest BCUT2D eigenvalue weighted by Crippen LogP contribution is -2.37. The zero-order valence-corrected chi connectivity index (χ0v) is 21.1. The van der Waals surface area contributed by atoms with Crippen LogP contribution in [0.2, 0.25) is 0 Å². The summed E-state index contributed by atoms with van der Waals surface area (Å²) in [7, 11) is 0. The molecule has 5 rings (SSSR count). The second-order valence-corrected chi connectivity index (χ2v) is 9.19. The van der Waals surface area contributed by atoms with Crippen LogP contribution in [0.3, 0.4) is 0 Å². The van der Waals surface area contributed by atoms with Crippen molar-refractivity contribution in [3.05, 3.63) is 107 Å². The Morgan fingerprint density at radius 2 is 1.79 bits per heavy atom. The number of halogens is 2. The van der Waals surface area contributed by atoms with Crippen LogP contribution in [0.5, 0.6) is 11.6 Å². The van der Waals surface area contributed by atoms with Crippen LogP contribution < -0.4 is 4.74 Å². The highest BCUT2D eigenvalue weighted by Crippen LogP contribution is 2.34. The van der Waals surface area contributed by atoms with E-state index in [0.717, 1.165) is 24.2 Å². The van der Waals surface area contributed by atoms with E-state index >= 15 is 0 Å². The van der Waals surface area contributed by atoms with Crippen molar-refractivity contribution < 1.29 is 23.0 Å². The lowest BCUT2D eigenvalue weighted by Gasteiger charge is -2.26. The van der Waals surface area contributed by atoms with Crippen LogP contribution in [-0.4, -0.2) is 39.8 Å². The van der Waals surface area contributed by atoms with E-state index in [1.165, 1.54) is 30.3 Å². The third-order valence-electron chi connectivity index (χ3n) is 6.57.